The first-order valence-corrected chi connectivity index (χ1v) is 11.0. The molecule has 0 fully saturated rings. The van der Waals surface area contributed by atoms with Gasteiger partial charge in [-0.2, -0.15) is 13.2 Å². The topological polar surface area (TPSA) is 81.3 Å². The molecule has 0 radical (unpaired) electrons. The molecule has 2 aromatic heterocycles. The van der Waals surface area contributed by atoms with Crippen molar-refractivity contribution in [3.05, 3.63) is 94.6 Å². The number of alkyl halides is 3. The van der Waals surface area contributed by atoms with Gasteiger partial charge in [0.1, 0.15) is 24.0 Å². The van der Waals surface area contributed by atoms with Crippen LogP contribution in [0.25, 0.3) is 10.9 Å². The van der Waals surface area contributed by atoms with Gasteiger partial charge in [-0.05, 0) is 61.0 Å². The molecule has 1 aliphatic rings. The summed E-state index contributed by atoms with van der Waals surface area (Å²) >= 11 is 0. The Kier molecular flexibility index (Phi) is 5.74. The summed E-state index contributed by atoms with van der Waals surface area (Å²) in [4.78, 5) is 23.5. The van der Waals surface area contributed by atoms with E-state index in [0.717, 1.165) is 17.7 Å². The van der Waals surface area contributed by atoms with E-state index in [4.69, 9.17) is 10.5 Å². The van der Waals surface area contributed by atoms with Gasteiger partial charge in [-0.25, -0.2) is 9.37 Å². The van der Waals surface area contributed by atoms with Gasteiger partial charge in [0.05, 0.1) is 29.4 Å². The molecule has 5 rings (SSSR count). The molecule has 2 N–H and O–H groups in total. The summed E-state index contributed by atoms with van der Waals surface area (Å²) in [5.74, 6) is -0.650. The van der Waals surface area contributed by atoms with Crippen LogP contribution in [0.2, 0.25) is 0 Å². The van der Waals surface area contributed by atoms with Crippen molar-refractivity contribution >= 4 is 22.6 Å². The number of carbonyl (C=O) groups is 1. The lowest BCUT2D eigenvalue weighted by Crippen LogP contribution is -2.36. The molecule has 0 unspecified atom stereocenters. The Hall–Kier alpha value is -4.21. The van der Waals surface area contributed by atoms with Crippen molar-refractivity contribution < 1.29 is 27.1 Å². The number of pyridine rings is 2. The molecule has 0 spiro atoms. The highest BCUT2D eigenvalue weighted by atomic mass is 19.4. The second-order valence-electron chi connectivity index (χ2n) is 8.54. The zero-order valence-corrected chi connectivity index (χ0v) is 19.0. The minimum absolute atomic E-state index is 0.0253. The fraction of sp³-hybridized carbons (Fsp3) is 0.192. The smallest absolute Gasteiger partial charge is 0.416 e. The van der Waals surface area contributed by atoms with E-state index >= 15 is 0 Å². The molecule has 0 aliphatic carbocycles. The SMILES string of the molecule is Cc1cc2cc(C(=O)N(Cc3ncccc3F)[C@H]3COc4cc(C(F)(F)F)ccc43)ccc2nc1N. The fourth-order valence-electron chi connectivity index (χ4n) is 4.24. The van der Waals surface area contributed by atoms with Gasteiger partial charge in [-0.15, -0.1) is 0 Å². The number of hydrogen-bond acceptors (Lipinski definition) is 5. The number of hydrogen-bond donors (Lipinski definition) is 1. The Morgan fingerprint density at radius 3 is 2.72 bits per heavy atom. The Morgan fingerprint density at radius 2 is 1.97 bits per heavy atom. The van der Waals surface area contributed by atoms with Gasteiger partial charge in [-0.1, -0.05) is 6.07 Å². The summed E-state index contributed by atoms with van der Waals surface area (Å²) in [6.07, 6.45) is -3.13. The second kappa shape index (κ2) is 8.78. The number of nitrogens with zero attached hydrogens (tertiary/aromatic N) is 3. The molecule has 10 heteroatoms. The molecule has 0 saturated heterocycles. The van der Waals surface area contributed by atoms with Gasteiger partial charge in [-0.3, -0.25) is 9.78 Å². The second-order valence-corrected chi connectivity index (χ2v) is 8.54. The molecule has 2 aromatic carbocycles. The molecule has 6 nitrogen and oxygen atoms in total. The number of aromatic nitrogens is 2. The number of amides is 1. The predicted molar refractivity (Wildman–Crippen MR) is 125 cm³/mol. The molecule has 4 aromatic rings. The van der Waals surface area contributed by atoms with E-state index in [1.807, 2.05) is 6.07 Å². The van der Waals surface area contributed by atoms with Crippen LogP contribution in [0.4, 0.5) is 23.4 Å². The normalized spacial score (nSPS) is 15.0. The third-order valence-corrected chi connectivity index (χ3v) is 6.18. The zero-order valence-electron chi connectivity index (χ0n) is 19.0. The highest BCUT2D eigenvalue weighted by molar-refractivity contribution is 5.98. The van der Waals surface area contributed by atoms with Gasteiger partial charge in [0, 0.05) is 22.7 Å². The molecule has 1 aliphatic heterocycles. The van der Waals surface area contributed by atoms with E-state index in [9.17, 15) is 22.4 Å². The highest BCUT2D eigenvalue weighted by Gasteiger charge is 2.37. The first kappa shape index (κ1) is 23.5. The number of halogens is 4. The first-order chi connectivity index (χ1) is 17.1. The minimum Gasteiger partial charge on any atom is -0.491 e. The lowest BCUT2D eigenvalue weighted by molar-refractivity contribution is -0.137. The molecule has 1 amide bonds. The standard InChI is InChI=1S/C26H20F4N4O2/c1-14-9-16-10-15(4-7-20(16)33-24(14)31)25(35)34(12-21-19(27)3-2-8-32-21)22-13-36-23-11-17(26(28,29)30)5-6-18(22)23/h2-11,22H,12-13H2,1H3,(H2,31,33)/t22-/m0/s1. The number of ether oxygens (including phenoxy) is 1. The van der Waals surface area contributed by atoms with E-state index in [1.165, 1.54) is 29.3 Å². The minimum atomic E-state index is -4.54. The summed E-state index contributed by atoms with van der Waals surface area (Å²) in [7, 11) is 0. The van der Waals surface area contributed by atoms with Crippen LogP contribution in [0.3, 0.4) is 0 Å². The van der Waals surface area contributed by atoms with Crippen LogP contribution in [0.1, 0.15) is 38.8 Å². The largest absolute Gasteiger partial charge is 0.491 e. The van der Waals surface area contributed by atoms with E-state index in [1.54, 1.807) is 25.1 Å². The number of anilines is 1. The van der Waals surface area contributed by atoms with Crippen molar-refractivity contribution in [2.75, 3.05) is 12.3 Å². The van der Waals surface area contributed by atoms with Gasteiger partial charge in [0.15, 0.2) is 0 Å². The zero-order chi connectivity index (χ0) is 25.6. The van der Waals surface area contributed by atoms with Gasteiger partial charge in [0.25, 0.3) is 5.91 Å². The third-order valence-electron chi connectivity index (χ3n) is 6.18. The average molecular weight is 496 g/mol. The molecular formula is C26H20F4N4O2. The fourth-order valence-corrected chi connectivity index (χ4v) is 4.24. The van der Waals surface area contributed by atoms with Crippen molar-refractivity contribution in [3.63, 3.8) is 0 Å². The summed E-state index contributed by atoms with van der Waals surface area (Å²) in [6.45, 7) is 1.51. The van der Waals surface area contributed by atoms with Crippen molar-refractivity contribution in [2.24, 2.45) is 0 Å². The highest BCUT2D eigenvalue weighted by Crippen LogP contribution is 2.41. The van der Waals surface area contributed by atoms with Crippen LogP contribution < -0.4 is 10.5 Å². The van der Waals surface area contributed by atoms with Crippen molar-refractivity contribution in [2.45, 2.75) is 25.7 Å². The predicted octanol–water partition coefficient (Wildman–Crippen LogP) is 5.45. The lowest BCUT2D eigenvalue weighted by Gasteiger charge is -2.28. The van der Waals surface area contributed by atoms with Crippen LogP contribution in [-0.2, 0) is 12.7 Å². The van der Waals surface area contributed by atoms with Crippen molar-refractivity contribution in [3.8, 4) is 5.75 Å². The summed E-state index contributed by atoms with van der Waals surface area (Å²) in [5.41, 5.74) is 7.10. The van der Waals surface area contributed by atoms with Crippen molar-refractivity contribution in [1.29, 1.82) is 0 Å². The van der Waals surface area contributed by atoms with E-state index in [-0.39, 0.29) is 24.6 Å². The van der Waals surface area contributed by atoms with Gasteiger partial charge in [0.2, 0.25) is 0 Å². The van der Waals surface area contributed by atoms with E-state index < -0.39 is 29.5 Å². The van der Waals surface area contributed by atoms with Crippen LogP contribution in [0.15, 0.2) is 60.8 Å². The number of nitrogen functional groups attached to an aromatic ring is 1. The molecule has 1 atom stereocenters. The maximum atomic E-state index is 14.5. The molecule has 184 valence electrons. The number of fused-ring (bicyclic) bond motifs is 2. The number of benzene rings is 2. The number of aryl methyl sites for hydroxylation is 1. The summed E-state index contributed by atoms with van der Waals surface area (Å²) in [5, 5.41) is 0.689. The van der Waals surface area contributed by atoms with Crippen LogP contribution >= 0.6 is 0 Å². The Labute approximate surface area is 203 Å². The number of carbonyl (C=O) groups excluding carboxylic acids is 1. The Balaban J connectivity index is 1.56. The average Bonchev–Trinajstić information content (AvgIpc) is 3.26. The maximum Gasteiger partial charge on any atom is 0.416 e. The van der Waals surface area contributed by atoms with Crippen LogP contribution in [-0.4, -0.2) is 27.4 Å². The Bertz CT molecular complexity index is 1490. The molecule has 3 heterocycles. The van der Waals surface area contributed by atoms with Crippen LogP contribution in [0.5, 0.6) is 5.75 Å². The van der Waals surface area contributed by atoms with Gasteiger partial charge < -0.3 is 15.4 Å². The lowest BCUT2D eigenvalue weighted by atomic mass is 10.0. The third kappa shape index (κ3) is 4.30. The molecule has 36 heavy (non-hydrogen) atoms. The van der Waals surface area contributed by atoms with Crippen LogP contribution in [0, 0.1) is 12.7 Å². The Morgan fingerprint density at radius 1 is 1.17 bits per heavy atom. The first-order valence-electron chi connectivity index (χ1n) is 11.0. The maximum absolute atomic E-state index is 14.5. The summed E-state index contributed by atoms with van der Waals surface area (Å²) < 4.78 is 59.6. The monoisotopic (exact) mass is 496 g/mol. The van der Waals surface area contributed by atoms with Crippen molar-refractivity contribution in [1.82, 2.24) is 14.9 Å². The van der Waals surface area contributed by atoms with Gasteiger partial charge >= 0.3 is 6.18 Å². The summed E-state index contributed by atoms with van der Waals surface area (Å²) in [6, 6.07) is 11.8. The molecule has 0 saturated carbocycles. The van der Waals surface area contributed by atoms with E-state index in [0.29, 0.717) is 27.8 Å². The number of rotatable bonds is 4. The van der Waals surface area contributed by atoms with E-state index in [2.05, 4.69) is 9.97 Å². The quantitative estimate of drug-likeness (QED) is 0.380. The molecular weight excluding hydrogens is 476 g/mol. The number of nitrogens with two attached hydrogens (primary N) is 1. The molecule has 0 bridgehead atoms.